The Balaban J connectivity index is 2.34. The van der Waals surface area contributed by atoms with Crippen LogP contribution < -0.4 is 19.6 Å². The molecule has 8 heteroatoms. The average molecular weight is 360 g/mol. The second kappa shape index (κ2) is 7.87. The maximum Gasteiger partial charge on any atom is 0.239 e. The molecule has 0 radical (unpaired) electrons. The van der Waals surface area contributed by atoms with Crippen LogP contribution in [-0.2, 0) is 0 Å². The molecule has 0 bridgehead atoms. The second-order valence-corrected chi connectivity index (χ2v) is 5.07. The fourth-order valence-corrected chi connectivity index (χ4v) is 2.56. The van der Waals surface area contributed by atoms with Gasteiger partial charge in [0.05, 0.1) is 0 Å². The van der Waals surface area contributed by atoms with Crippen LogP contribution in [0.3, 0.4) is 0 Å². The summed E-state index contributed by atoms with van der Waals surface area (Å²) < 4.78 is 21.0. The van der Waals surface area contributed by atoms with Crippen LogP contribution in [0, 0.1) is 0 Å². The lowest BCUT2D eigenvalue weighted by atomic mass is 10.1. The molecule has 3 rings (SSSR count). The lowest BCUT2D eigenvalue weighted by Gasteiger charge is -2.13. The van der Waals surface area contributed by atoms with E-state index in [2.05, 4.69) is 0 Å². The Morgan fingerprint density at radius 1 is 0.885 bits per heavy atom. The summed E-state index contributed by atoms with van der Waals surface area (Å²) in [5.41, 5.74) is 0.0831. The van der Waals surface area contributed by atoms with E-state index in [-0.39, 0.29) is 34.0 Å². The monoisotopic (exact) mass is 360 g/mol. The van der Waals surface area contributed by atoms with E-state index in [1.807, 2.05) is 0 Å². The normalized spacial score (nSPS) is 10.7. The van der Waals surface area contributed by atoms with E-state index in [4.69, 9.17) is 33.9 Å². The zero-order valence-corrected chi connectivity index (χ0v) is 13.5. The highest BCUT2D eigenvalue weighted by Crippen LogP contribution is 2.36. The second-order valence-electron chi connectivity index (χ2n) is 5.07. The number of aliphatic hydroxyl groups excluding tert-OH is 3. The number of rotatable bonds is 7. The van der Waals surface area contributed by atoms with Crippen LogP contribution in [0.2, 0.25) is 0 Å². The molecule has 0 amide bonds. The van der Waals surface area contributed by atoms with Crippen LogP contribution in [0.25, 0.3) is 22.3 Å². The summed E-state index contributed by atoms with van der Waals surface area (Å²) in [6.07, 6.45) is 0. The summed E-state index contributed by atoms with van der Waals surface area (Å²) in [6, 6.07) is 11.5. The summed E-state index contributed by atoms with van der Waals surface area (Å²) in [4.78, 5) is 12.9. The van der Waals surface area contributed by atoms with Crippen molar-refractivity contribution in [3.8, 4) is 28.6 Å². The van der Waals surface area contributed by atoms with E-state index in [9.17, 15) is 4.79 Å². The van der Waals surface area contributed by atoms with Crippen LogP contribution in [0.4, 0.5) is 0 Å². The molecule has 0 atom stereocenters. The number of hydrogen-bond donors (Lipinski definition) is 3. The third-order valence-electron chi connectivity index (χ3n) is 3.59. The van der Waals surface area contributed by atoms with Gasteiger partial charge in [0.1, 0.15) is 22.5 Å². The fourth-order valence-electron chi connectivity index (χ4n) is 2.56. The van der Waals surface area contributed by atoms with Gasteiger partial charge in [0.25, 0.3) is 0 Å². The maximum atomic E-state index is 12.9. The molecule has 0 saturated heterocycles. The van der Waals surface area contributed by atoms with Crippen molar-refractivity contribution in [2.75, 3.05) is 20.4 Å². The molecule has 0 unspecified atom stereocenters. The third kappa shape index (κ3) is 3.33. The smallest absolute Gasteiger partial charge is 0.239 e. The Kier molecular flexibility index (Phi) is 5.37. The summed E-state index contributed by atoms with van der Waals surface area (Å²) in [7, 11) is 0. The molecule has 0 saturated carbocycles. The van der Waals surface area contributed by atoms with Crippen LogP contribution >= 0.6 is 0 Å². The molecule has 2 aromatic carbocycles. The maximum absolute atomic E-state index is 12.9. The van der Waals surface area contributed by atoms with E-state index in [0.29, 0.717) is 5.56 Å². The van der Waals surface area contributed by atoms with E-state index in [0.717, 1.165) is 0 Å². The van der Waals surface area contributed by atoms with E-state index in [1.54, 1.807) is 30.3 Å². The topological polar surface area (TPSA) is 119 Å². The zero-order chi connectivity index (χ0) is 18.5. The molecule has 3 N–H and O–H groups in total. The highest BCUT2D eigenvalue weighted by atomic mass is 16.6. The first-order chi connectivity index (χ1) is 12.7. The Hall–Kier alpha value is -3.07. The van der Waals surface area contributed by atoms with Crippen LogP contribution in [-0.4, -0.2) is 35.7 Å². The Bertz CT molecular complexity index is 949. The van der Waals surface area contributed by atoms with E-state index >= 15 is 0 Å². The van der Waals surface area contributed by atoms with Gasteiger partial charge in [-0.3, -0.25) is 4.79 Å². The van der Waals surface area contributed by atoms with Crippen molar-refractivity contribution in [1.29, 1.82) is 0 Å². The van der Waals surface area contributed by atoms with E-state index < -0.39 is 25.8 Å². The molecule has 1 aromatic heterocycles. The quantitative estimate of drug-likeness (QED) is 0.542. The molecule has 3 aromatic rings. The predicted octanol–water partition coefficient (Wildman–Crippen LogP) is 1.45. The van der Waals surface area contributed by atoms with Gasteiger partial charge in [0, 0.05) is 17.7 Å². The molecule has 0 spiro atoms. The molecule has 0 aliphatic heterocycles. The number of ether oxygens (including phenoxy) is 3. The van der Waals surface area contributed by atoms with Gasteiger partial charge in [0.15, 0.2) is 26.1 Å². The van der Waals surface area contributed by atoms with Crippen LogP contribution in [0.5, 0.6) is 17.2 Å². The molecule has 8 nitrogen and oxygen atoms in total. The van der Waals surface area contributed by atoms with Gasteiger partial charge < -0.3 is 33.9 Å². The highest BCUT2D eigenvalue weighted by Gasteiger charge is 2.21. The number of aliphatic hydroxyl groups is 3. The summed E-state index contributed by atoms with van der Waals surface area (Å²) in [6.45, 7) is -2.00. The lowest BCUT2D eigenvalue weighted by Crippen LogP contribution is -2.12. The van der Waals surface area contributed by atoms with Gasteiger partial charge in [0.2, 0.25) is 11.2 Å². The van der Waals surface area contributed by atoms with Crippen molar-refractivity contribution in [2.24, 2.45) is 0 Å². The zero-order valence-electron chi connectivity index (χ0n) is 13.5. The first-order valence-electron chi connectivity index (χ1n) is 7.60. The Labute approximate surface area is 147 Å². The molecular weight excluding hydrogens is 344 g/mol. The van der Waals surface area contributed by atoms with Crippen molar-refractivity contribution >= 4 is 11.0 Å². The molecule has 0 aliphatic carbocycles. The number of benzene rings is 2. The highest BCUT2D eigenvalue weighted by molar-refractivity contribution is 5.88. The van der Waals surface area contributed by atoms with Crippen LogP contribution in [0.15, 0.2) is 51.7 Å². The van der Waals surface area contributed by atoms with Gasteiger partial charge in [-0.1, -0.05) is 30.3 Å². The molecule has 26 heavy (non-hydrogen) atoms. The van der Waals surface area contributed by atoms with Crippen molar-refractivity contribution in [3.63, 3.8) is 0 Å². The van der Waals surface area contributed by atoms with Gasteiger partial charge in [-0.25, -0.2) is 0 Å². The SMILES string of the molecule is O=c1c(OCO)c(-c2ccccc2)oc2cc(OCO)cc(OCO)c12. The van der Waals surface area contributed by atoms with E-state index in [1.165, 1.54) is 12.1 Å². The molecular formula is C18H16O8. The fraction of sp³-hybridized carbons (Fsp3) is 0.167. The Morgan fingerprint density at radius 2 is 1.58 bits per heavy atom. The lowest BCUT2D eigenvalue weighted by molar-refractivity contribution is 0.0918. The summed E-state index contributed by atoms with van der Waals surface area (Å²) >= 11 is 0. The van der Waals surface area contributed by atoms with Crippen LogP contribution in [0.1, 0.15) is 0 Å². The molecule has 0 fully saturated rings. The molecule has 1 heterocycles. The minimum absolute atomic E-state index is 0.00692. The van der Waals surface area contributed by atoms with Gasteiger partial charge in [-0.05, 0) is 0 Å². The predicted molar refractivity (Wildman–Crippen MR) is 91.1 cm³/mol. The number of fused-ring (bicyclic) bond motifs is 1. The molecule has 0 aliphatic rings. The standard InChI is InChI=1S/C18H16O8/c19-8-23-12-6-13(24-9-20)15-14(7-12)26-17(11-4-2-1-3-5-11)18(16(15)22)25-10-21/h1-7,19-21H,8-10H2. The first kappa shape index (κ1) is 17.7. The minimum atomic E-state index is -0.724. The largest absolute Gasteiger partial charge is 0.467 e. The Morgan fingerprint density at radius 3 is 2.23 bits per heavy atom. The van der Waals surface area contributed by atoms with Gasteiger partial charge >= 0.3 is 0 Å². The van der Waals surface area contributed by atoms with Crippen molar-refractivity contribution in [1.82, 2.24) is 0 Å². The average Bonchev–Trinajstić information content (AvgIpc) is 2.65. The van der Waals surface area contributed by atoms with Crippen molar-refractivity contribution in [2.45, 2.75) is 0 Å². The number of hydrogen-bond acceptors (Lipinski definition) is 8. The minimum Gasteiger partial charge on any atom is -0.467 e. The summed E-state index contributed by atoms with van der Waals surface area (Å²) in [5.74, 6) is 0.101. The molecule has 136 valence electrons. The van der Waals surface area contributed by atoms with Crippen molar-refractivity contribution in [3.05, 3.63) is 52.7 Å². The van der Waals surface area contributed by atoms with Crippen molar-refractivity contribution < 1.29 is 33.9 Å². The van der Waals surface area contributed by atoms with Gasteiger partial charge in [-0.2, -0.15) is 0 Å². The first-order valence-corrected chi connectivity index (χ1v) is 7.60. The van der Waals surface area contributed by atoms with Gasteiger partial charge in [-0.15, -0.1) is 0 Å². The summed E-state index contributed by atoms with van der Waals surface area (Å²) in [5, 5.41) is 27.2. The third-order valence-corrected chi connectivity index (χ3v) is 3.59.